The molecule has 0 aliphatic heterocycles. The Hall–Kier alpha value is -0.0800. The van der Waals surface area contributed by atoms with E-state index < -0.39 is 0 Å². The zero-order chi connectivity index (χ0) is 32.2. The SMILES string of the molecule is CC(C)(C)CCC1CCC(C(C)(C)C)C(O)C1.CC1CCC(CCC(C)(C)C)CC1C(C)(C)C.CCC(C)COC. The van der Waals surface area contributed by atoms with Gasteiger partial charge in [-0.05, 0) is 109 Å². The van der Waals surface area contributed by atoms with Crippen LogP contribution < -0.4 is 0 Å². The van der Waals surface area contributed by atoms with Crippen molar-refractivity contribution in [2.75, 3.05) is 13.7 Å². The molecular weight excluding hydrogens is 500 g/mol. The van der Waals surface area contributed by atoms with Crippen molar-refractivity contribution >= 4 is 0 Å². The van der Waals surface area contributed by atoms with Crippen LogP contribution in [0.3, 0.4) is 0 Å². The van der Waals surface area contributed by atoms with Crippen molar-refractivity contribution in [2.24, 2.45) is 57.2 Å². The zero-order valence-electron chi connectivity index (χ0n) is 31.4. The molecule has 41 heavy (non-hydrogen) atoms. The van der Waals surface area contributed by atoms with E-state index in [-0.39, 0.29) is 11.5 Å². The summed E-state index contributed by atoms with van der Waals surface area (Å²) in [5.41, 5.74) is 1.71. The smallest absolute Gasteiger partial charge is 0.0576 e. The van der Waals surface area contributed by atoms with E-state index in [0.29, 0.717) is 22.2 Å². The highest BCUT2D eigenvalue weighted by atomic mass is 16.5. The molecule has 0 amide bonds. The average molecular weight is 581 g/mol. The van der Waals surface area contributed by atoms with Crippen LogP contribution in [-0.4, -0.2) is 24.9 Å². The van der Waals surface area contributed by atoms with Crippen LogP contribution in [0.2, 0.25) is 0 Å². The molecule has 2 fully saturated rings. The van der Waals surface area contributed by atoms with E-state index in [9.17, 15) is 5.11 Å². The monoisotopic (exact) mass is 581 g/mol. The third-order valence-corrected chi connectivity index (χ3v) is 10.2. The molecule has 0 heterocycles. The van der Waals surface area contributed by atoms with E-state index in [1.54, 1.807) is 7.11 Å². The van der Waals surface area contributed by atoms with E-state index in [2.05, 4.69) is 104 Å². The summed E-state index contributed by atoms with van der Waals surface area (Å²) < 4.78 is 4.89. The third kappa shape index (κ3) is 19.0. The molecule has 0 spiro atoms. The number of rotatable bonds is 7. The summed E-state index contributed by atoms with van der Waals surface area (Å²) in [5, 5.41) is 10.3. The van der Waals surface area contributed by atoms with Crippen molar-refractivity contribution in [3.63, 3.8) is 0 Å². The van der Waals surface area contributed by atoms with E-state index in [4.69, 9.17) is 4.74 Å². The van der Waals surface area contributed by atoms with Gasteiger partial charge in [-0.15, -0.1) is 0 Å². The standard InChI is InChI=1S/C17H34.C16H32O.C6H14O/c1-13-8-9-14(10-11-16(2,3)4)12-15(13)17(5,6)7;1-15(2,3)10-9-12-7-8-13(14(17)11-12)16(4,5)6;1-4-6(2)5-7-3/h13-15H,8-12H2,1-7H3;12-14,17H,7-11H2,1-6H3;6H,4-5H2,1-3H3. The summed E-state index contributed by atoms with van der Waals surface area (Å²) in [6, 6.07) is 0. The van der Waals surface area contributed by atoms with Crippen LogP contribution in [-0.2, 0) is 4.74 Å². The Morgan fingerprint density at radius 1 is 0.683 bits per heavy atom. The van der Waals surface area contributed by atoms with Gasteiger partial charge in [0.25, 0.3) is 0 Å². The highest BCUT2D eigenvalue weighted by Crippen LogP contribution is 2.46. The number of aliphatic hydroxyl groups is 1. The van der Waals surface area contributed by atoms with Crippen LogP contribution in [0.1, 0.15) is 174 Å². The predicted molar refractivity (Wildman–Crippen MR) is 184 cm³/mol. The summed E-state index contributed by atoms with van der Waals surface area (Å²) in [4.78, 5) is 0. The van der Waals surface area contributed by atoms with Crippen LogP contribution in [0.15, 0.2) is 0 Å². The Bertz CT molecular complexity index is 653. The quantitative estimate of drug-likeness (QED) is 0.324. The Balaban J connectivity index is 0.000000637. The average Bonchev–Trinajstić information content (AvgIpc) is 2.80. The van der Waals surface area contributed by atoms with Crippen LogP contribution in [0.5, 0.6) is 0 Å². The molecule has 0 aromatic heterocycles. The van der Waals surface area contributed by atoms with Gasteiger partial charge in [-0.3, -0.25) is 0 Å². The molecule has 0 saturated heterocycles. The molecule has 0 aromatic carbocycles. The Labute approximate surface area is 261 Å². The lowest BCUT2D eigenvalue weighted by molar-refractivity contribution is -0.0116. The molecule has 0 aromatic rings. The first kappa shape index (κ1) is 40.9. The van der Waals surface area contributed by atoms with Crippen LogP contribution in [0.25, 0.3) is 0 Å². The number of methoxy groups -OCH3 is 1. The Kier molecular flexibility index (Phi) is 18.0. The first-order valence-electron chi connectivity index (χ1n) is 17.7. The first-order valence-corrected chi connectivity index (χ1v) is 17.7. The van der Waals surface area contributed by atoms with Crippen molar-refractivity contribution in [3.05, 3.63) is 0 Å². The Morgan fingerprint density at radius 2 is 1.12 bits per heavy atom. The zero-order valence-corrected chi connectivity index (χ0v) is 31.4. The van der Waals surface area contributed by atoms with Crippen molar-refractivity contribution in [1.82, 2.24) is 0 Å². The van der Waals surface area contributed by atoms with Crippen molar-refractivity contribution in [1.29, 1.82) is 0 Å². The number of hydrogen-bond acceptors (Lipinski definition) is 2. The normalized spacial score (nSPS) is 28.6. The number of aliphatic hydroxyl groups excluding tert-OH is 1. The van der Waals surface area contributed by atoms with Gasteiger partial charge in [0.05, 0.1) is 6.10 Å². The molecule has 1 N–H and O–H groups in total. The van der Waals surface area contributed by atoms with Gasteiger partial charge in [0, 0.05) is 13.7 Å². The van der Waals surface area contributed by atoms with Crippen molar-refractivity contribution < 1.29 is 9.84 Å². The molecule has 7 unspecified atom stereocenters. The molecule has 248 valence electrons. The van der Waals surface area contributed by atoms with Crippen molar-refractivity contribution in [3.8, 4) is 0 Å². The molecule has 0 bridgehead atoms. The number of hydrogen-bond donors (Lipinski definition) is 1. The second-order valence-electron chi connectivity index (χ2n) is 19.0. The molecule has 2 rings (SSSR count). The molecule has 2 aliphatic rings. The topological polar surface area (TPSA) is 29.5 Å². The molecular formula is C39H80O2. The van der Waals surface area contributed by atoms with Gasteiger partial charge >= 0.3 is 0 Å². The lowest BCUT2D eigenvalue weighted by Crippen LogP contribution is -2.37. The maximum atomic E-state index is 10.3. The molecule has 2 saturated carbocycles. The Morgan fingerprint density at radius 3 is 1.46 bits per heavy atom. The van der Waals surface area contributed by atoms with Gasteiger partial charge in [0.2, 0.25) is 0 Å². The molecule has 2 nitrogen and oxygen atoms in total. The fourth-order valence-corrected chi connectivity index (χ4v) is 7.06. The maximum Gasteiger partial charge on any atom is 0.0576 e. The fourth-order valence-electron chi connectivity index (χ4n) is 7.06. The van der Waals surface area contributed by atoms with Crippen molar-refractivity contribution in [2.45, 2.75) is 181 Å². The van der Waals surface area contributed by atoms with Gasteiger partial charge in [0.15, 0.2) is 0 Å². The maximum absolute atomic E-state index is 10.3. The highest BCUT2D eigenvalue weighted by molar-refractivity contribution is 4.87. The van der Waals surface area contributed by atoms with Gasteiger partial charge in [-0.2, -0.15) is 0 Å². The largest absolute Gasteiger partial charge is 0.393 e. The number of ether oxygens (including phenoxy) is 1. The fraction of sp³-hybridized carbons (Fsp3) is 1.00. The van der Waals surface area contributed by atoms with E-state index in [1.165, 1.54) is 64.2 Å². The minimum Gasteiger partial charge on any atom is -0.393 e. The van der Waals surface area contributed by atoms with E-state index in [1.807, 2.05) is 0 Å². The molecule has 2 heteroatoms. The van der Waals surface area contributed by atoms with E-state index in [0.717, 1.165) is 42.6 Å². The molecule has 2 aliphatic carbocycles. The van der Waals surface area contributed by atoms with Gasteiger partial charge in [-0.25, -0.2) is 0 Å². The van der Waals surface area contributed by atoms with E-state index >= 15 is 0 Å². The first-order chi connectivity index (χ1) is 18.5. The summed E-state index contributed by atoms with van der Waals surface area (Å²) in [6.45, 7) is 35.8. The lowest BCUT2D eigenvalue weighted by Gasteiger charge is -2.42. The van der Waals surface area contributed by atoms with Crippen LogP contribution in [0.4, 0.5) is 0 Å². The molecule has 7 atom stereocenters. The minimum absolute atomic E-state index is 0.0753. The summed E-state index contributed by atoms with van der Waals surface area (Å²) in [6.07, 6.45) is 14.5. The predicted octanol–water partition coefficient (Wildman–Crippen LogP) is 12.2. The molecule has 0 radical (unpaired) electrons. The van der Waals surface area contributed by atoms with Crippen LogP contribution in [0, 0.1) is 57.2 Å². The third-order valence-electron chi connectivity index (χ3n) is 10.2. The second-order valence-corrected chi connectivity index (χ2v) is 19.0. The second kappa shape index (κ2) is 18.0. The summed E-state index contributed by atoms with van der Waals surface area (Å²) >= 11 is 0. The van der Waals surface area contributed by atoms with Gasteiger partial charge in [0.1, 0.15) is 0 Å². The lowest BCUT2D eigenvalue weighted by atomic mass is 9.63. The minimum atomic E-state index is -0.0753. The van der Waals surface area contributed by atoms with Crippen LogP contribution >= 0.6 is 0 Å². The summed E-state index contributed by atoms with van der Waals surface area (Å²) in [5.74, 6) is 4.83. The summed E-state index contributed by atoms with van der Waals surface area (Å²) in [7, 11) is 1.74. The van der Waals surface area contributed by atoms with Gasteiger partial charge < -0.3 is 9.84 Å². The van der Waals surface area contributed by atoms with Gasteiger partial charge in [-0.1, -0.05) is 123 Å². The highest BCUT2D eigenvalue weighted by Gasteiger charge is 2.37.